The molecule has 3 fully saturated rings. The molecule has 3 saturated heterocycles. The predicted molar refractivity (Wildman–Crippen MR) is 114 cm³/mol. The van der Waals surface area contributed by atoms with Gasteiger partial charge in [0.15, 0.2) is 0 Å². The molecule has 0 radical (unpaired) electrons. The van der Waals surface area contributed by atoms with Crippen molar-refractivity contribution in [1.29, 1.82) is 0 Å². The molecule has 1 amide bonds. The number of hydrogen-bond donors (Lipinski definition) is 0. The number of carbonyl (C=O) groups excluding carboxylic acids is 1. The van der Waals surface area contributed by atoms with Gasteiger partial charge in [-0.15, -0.1) is 11.3 Å². The molecular weight excluding hydrogens is 370 g/mol. The van der Waals surface area contributed by atoms with Gasteiger partial charge in [-0.1, -0.05) is 0 Å². The van der Waals surface area contributed by atoms with Crippen molar-refractivity contribution in [2.75, 3.05) is 59.5 Å². The summed E-state index contributed by atoms with van der Waals surface area (Å²) in [5, 5.41) is 0. The first-order chi connectivity index (χ1) is 13.5. The Morgan fingerprint density at radius 2 is 1.89 bits per heavy atom. The van der Waals surface area contributed by atoms with Crippen LogP contribution in [0, 0.1) is 17.8 Å². The number of thiophene rings is 1. The number of amides is 1. The Labute approximate surface area is 173 Å². The number of hydrogen-bond acceptors (Lipinski definition) is 5. The monoisotopic (exact) mass is 405 g/mol. The van der Waals surface area contributed by atoms with Gasteiger partial charge in [-0.05, 0) is 58.3 Å². The molecule has 1 aromatic rings. The molecule has 3 aliphatic rings. The standard InChI is InChI=1S/C22H35N3O2S/c1-4-25-12-9-22(20(25)26)17-24(13-14-27-3)16-21(22)7-10-23(11-8-21)15-19-6-5-18(2)28-19/h5-6H,4,7-17H2,1-3H3/t22-/m1/s1. The Kier molecular flexibility index (Phi) is 5.85. The third-order valence-electron chi connectivity index (χ3n) is 7.52. The summed E-state index contributed by atoms with van der Waals surface area (Å²) in [6.07, 6.45) is 3.32. The topological polar surface area (TPSA) is 36.0 Å². The summed E-state index contributed by atoms with van der Waals surface area (Å²) in [6.45, 7) is 13.0. The first kappa shape index (κ1) is 20.3. The maximum Gasteiger partial charge on any atom is 0.230 e. The van der Waals surface area contributed by atoms with Gasteiger partial charge < -0.3 is 9.64 Å². The molecule has 4 heterocycles. The highest BCUT2D eigenvalue weighted by molar-refractivity contribution is 7.11. The minimum Gasteiger partial charge on any atom is -0.383 e. The largest absolute Gasteiger partial charge is 0.383 e. The molecule has 2 spiro atoms. The van der Waals surface area contributed by atoms with Crippen molar-refractivity contribution in [1.82, 2.24) is 14.7 Å². The van der Waals surface area contributed by atoms with Crippen molar-refractivity contribution in [3.8, 4) is 0 Å². The summed E-state index contributed by atoms with van der Waals surface area (Å²) in [4.78, 5) is 23.5. The lowest BCUT2D eigenvalue weighted by atomic mass is 9.60. The van der Waals surface area contributed by atoms with Crippen molar-refractivity contribution in [2.24, 2.45) is 10.8 Å². The van der Waals surface area contributed by atoms with Gasteiger partial charge in [0.05, 0.1) is 12.0 Å². The minimum atomic E-state index is -0.164. The van der Waals surface area contributed by atoms with Crippen molar-refractivity contribution in [3.05, 3.63) is 21.9 Å². The molecule has 0 aromatic carbocycles. The molecule has 1 atom stereocenters. The summed E-state index contributed by atoms with van der Waals surface area (Å²) < 4.78 is 5.34. The average Bonchev–Trinajstić information content (AvgIpc) is 3.34. The smallest absolute Gasteiger partial charge is 0.230 e. The Hall–Kier alpha value is -0.950. The Bertz CT molecular complexity index is 698. The minimum absolute atomic E-state index is 0.142. The zero-order chi connectivity index (χ0) is 19.8. The van der Waals surface area contributed by atoms with Gasteiger partial charge in [-0.3, -0.25) is 14.6 Å². The second-order valence-corrected chi connectivity index (χ2v) is 10.4. The second-order valence-electron chi connectivity index (χ2n) is 8.99. The van der Waals surface area contributed by atoms with E-state index in [2.05, 4.69) is 40.7 Å². The van der Waals surface area contributed by atoms with E-state index in [1.54, 1.807) is 7.11 Å². The summed E-state index contributed by atoms with van der Waals surface area (Å²) in [5.41, 5.74) is -0.0219. The number of nitrogens with zero attached hydrogens (tertiary/aromatic N) is 3. The summed E-state index contributed by atoms with van der Waals surface area (Å²) in [7, 11) is 1.77. The molecule has 156 valence electrons. The fraction of sp³-hybridized carbons (Fsp3) is 0.773. The Balaban J connectivity index is 1.50. The van der Waals surface area contributed by atoms with E-state index in [-0.39, 0.29) is 10.8 Å². The van der Waals surface area contributed by atoms with Crippen molar-refractivity contribution in [3.63, 3.8) is 0 Å². The Morgan fingerprint density at radius 1 is 1.11 bits per heavy atom. The normalized spacial score (nSPS) is 28.2. The molecule has 6 heteroatoms. The van der Waals surface area contributed by atoms with Gasteiger partial charge in [-0.25, -0.2) is 0 Å². The van der Waals surface area contributed by atoms with E-state index in [1.165, 1.54) is 9.75 Å². The molecule has 5 nitrogen and oxygen atoms in total. The molecule has 3 aliphatic heterocycles. The van der Waals surface area contributed by atoms with Crippen LogP contribution in [0.3, 0.4) is 0 Å². The molecule has 0 aliphatic carbocycles. The second kappa shape index (κ2) is 8.05. The van der Waals surface area contributed by atoms with Gasteiger partial charge >= 0.3 is 0 Å². The van der Waals surface area contributed by atoms with Crippen LogP contribution in [0.4, 0.5) is 0 Å². The van der Waals surface area contributed by atoms with Gasteiger partial charge in [0.2, 0.25) is 5.91 Å². The van der Waals surface area contributed by atoms with Crippen LogP contribution in [0.2, 0.25) is 0 Å². The van der Waals surface area contributed by atoms with E-state index < -0.39 is 0 Å². The first-order valence-electron chi connectivity index (χ1n) is 10.8. The van der Waals surface area contributed by atoms with E-state index in [9.17, 15) is 4.79 Å². The fourth-order valence-electron chi connectivity index (χ4n) is 5.91. The zero-order valence-electron chi connectivity index (χ0n) is 17.7. The molecule has 0 N–H and O–H groups in total. The predicted octanol–water partition coefficient (Wildman–Crippen LogP) is 2.84. The molecule has 0 bridgehead atoms. The number of likely N-dealkylation sites (tertiary alicyclic amines) is 3. The average molecular weight is 406 g/mol. The highest BCUT2D eigenvalue weighted by Crippen LogP contribution is 2.57. The van der Waals surface area contributed by atoms with Crippen LogP contribution in [-0.4, -0.2) is 80.1 Å². The van der Waals surface area contributed by atoms with Crippen LogP contribution in [0.15, 0.2) is 12.1 Å². The maximum atomic E-state index is 13.5. The lowest BCUT2D eigenvalue weighted by Crippen LogP contribution is -2.52. The molecule has 4 rings (SSSR count). The van der Waals surface area contributed by atoms with Gasteiger partial charge in [0.25, 0.3) is 0 Å². The van der Waals surface area contributed by atoms with E-state index in [0.29, 0.717) is 5.91 Å². The highest BCUT2D eigenvalue weighted by atomic mass is 32.1. The number of rotatable bonds is 6. The number of methoxy groups -OCH3 is 1. The molecule has 1 aromatic heterocycles. The quantitative estimate of drug-likeness (QED) is 0.729. The van der Waals surface area contributed by atoms with Gasteiger partial charge in [-0.2, -0.15) is 0 Å². The van der Waals surface area contributed by atoms with Crippen LogP contribution in [0.1, 0.15) is 35.9 Å². The van der Waals surface area contributed by atoms with Crippen LogP contribution >= 0.6 is 11.3 Å². The third kappa shape index (κ3) is 3.42. The molecule has 0 saturated carbocycles. The van der Waals surface area contributed by atoms with Crippen molar-refractivity contribution < 1.29 is 9.53 Å². The first-order valence-corrected chi connectivity index (χ1v) is 11.6. The maximum absolute atomic E-state index is 13.5. The number of aryl methyl sites for hydroxylation is 1. The Morgan fingerprint density at radius 3 is 2.50 bits per heavy atom. The summed E-state index contributed by atoms with van der Waals surface area (Å²) in [6, 6.07) is 4.50. The highest BCUT2D eigenvalue weighted by Gasteiger charge is 2.64. The van der Waals surface area contributed by atoms with Crippen LogP contribution in [-0.2, 0) is 16.1 Å². The third-order valence-corrected chi connectivity index (χ3v) is 8.51. The summed E-state index contributed by atoms with van der Waals surface area (Å²) in [5.74, 6) is 0.428. The fourth-order valence-corrected chi connectivity index (χ4v) is 6.84. The zero-order valence-corrected chi connectivity index (χ0v) is 18.5. The van der Waals surface area contributed by atoms with Gasteiger partial charge in [0, 0.05) is 61.5 Å². The van der Waals surface area contributed by atoms with E-state index in [0.717, 1.165) is 78.2 Å². The lowest BCUT2D eigenvalue weighted by Gasteiger charge is -2.47. The number of piperidine rings is 1. The van der Waals surface area contributed by atoms with E-state index >= 15 is 0 Å². The van der Waals surface area contributed by atoms with Crippen LogP contribution in [0.25, 0.3) is 0 Å². The number of fused-ring (bicyclic) bond motifs is 1. The van der Waals surface area contributed by atoms with Crippen LogP contribution in [0.5, 0.6) is 0 Å². The van der Waals surface area contributed by atoms with Crippen LogP contribution < -0.4 is 0 Å². The van der Waals surface area contributed by atoms with Crippen molar-refractivity contribution >= 4 is 17.2 Å². The molecular formula is C22H35N3O2S. The van der Waals surface area contributed by atoms with E-state index in [1.807, 2.05) is 11.3 Å². The van der Waals surface area contributed by atoms with Gasteiger partial charge in [0.1, 0.15) is 0 Å². The van der Waals surface area contributed by atoms with E-state index in [4.69, 9.17) is 4.74 Å². The summed E-state index contributed by atoms with van der Waals surface area (Å²) >= 11 is 1.91. The number of ether oxygens (including phenoxy) is 1. The van der Waals surface area contributed by atoms with Crippen molar-refractivity contribution in [2.45, 2.75) is 39.7 Å². The lowest BCUT2D eigenvalue weighted by molar-refractivity contribution is -0.142. The SMILES string of the molecule is CCN1CC[C@@]2(CN(CCOC)CC23CCN(Cc2ccc(C)s2)CC3)C1=O. The number of carbonyl (C=O) groups is 1. The molecule has 0 unspecified atom stereocenters. The molecule has 28 heavy (non-hydrogen) atoms.